The molecule has 0 heterocycles. The van der Waals surface area contributed by atoms with Crippen molar-refractivity contribution in [1.82, 2.24) is 0 Å². The van der Waals surface area contributed by atoms with Gasteiger partial charge in [-0.2, -0.15) is 70.1 Å². The van der Waals surface area contributed by atoms with Crippen LogP contribution in [0.1, 0.15) is 23.7 Å². The summed E-state index contributed by atoms with van der Waals surface area (Å²) in [6, 6.07) is 100. The van der Waals surface area contributed by atoms with Gasteiger partial charge >= 0.3 is 52.4 Å². The van der Waals surface area contributed by atoms with Crippen molar-refractivity contribution < 1.29 is 66.2 Å². The van der Waals surface area contributed by atoms with Gasteiger partial charge in [-0.1, -0.05) is 97.1 Å². The molecule has 0 aliphatic rings. The van der Waals surface area contributed by atoms with E-state index in [1.807, 2.05) is 24.3 Å². The van der Waals surface area contributed by atoms with Crippen LogP contribution < -0.4 is 12.4 Å². The van der Waals surface area contributed by atoms with Crippen LogP contribution in [0.2, 0.25) is 0 Å². The summed E-state index contributed by atoms with van der Waals surface area (Å²) in [6.45, 7) is 0. The molecule has 3 heteroatoms. The van der Waals surface area contributed by atoms with Crippen molar-refractivity contribution in [3.05, 3.63) is 326 Å². The molecule has 0 bridgehead atoms. The van der Waals surface area contributed by atoms with Crippen molar-refractivity contribution in [2.45, 2.75) is 0 Å². The molecule has 0 N–H and O–H groups in total. The van der Waals surface area contributed by atoms with Gasteiger partial charge in [0.05, 0.1) is 0 Å². The molecular weight excluding hydrogens is 963 g/mol. The monoisotopic (exact) mass is 1010 g/mol. The van der Waals surface area contributed by atoms with Gasteiger partial charge in [0.2, 0.25) is 0 Å². The number of benzene rings is 8. The van der Waals surface area contributed by atoms with Crippen molar-refractivity contribution in [2.75, 3.05) is 0 Å². The smallest absolute Gasteiger partial charge is 1.00 e. The molecule has 12 aromatic rings. The number of hydrogen-bond donors (Lipinski definition) is 0. The molecule has 0 aromatic heterocycles. The summed E-state index contributed by atoms with van der Waals surface area (Å²) in [4.78, 5) is 0. The topological polar surface area (TPSA) is 0 Å². The average molecular weight is 1010 g/mol. The van der Waals surface area contributed by atoms with Crippen molar-refractivity contribution in [2.24, 2.45) is 0 Å². The van der Waals surface area contributed by atoms with E-state index in [0.717, 1.165) is 0 Å². The van der Waals surface area contributed by atoms with Crippen LogP contribution in [0.25, 0.3) is 43.1 Å². The zero-order valence-electron chi connectivity index (χ0n) is 37.2. The first-order valence-corrected chi connectivity index (χ1v) is 21.1. The van der Waals surface area contributed by atoms with E-state index in [9.17, 15) is 0 Å². The third-order valence-electron chi connectivity index (χ3n) is 10.1. The minimum absolute atomic E-state index is 0. The van der Waals surface area contributed by atoms with Gasteiger partial charge in [0.25, 0.3) is 0 Å². The van der Waals surface area contributed by atoms with E-state index in [4.69, 9.17) is 0 Å². The molecule has 65 heavy (non-hydrogen) atoms. The summed E-state index contributed by atoms with van der Waals surface area (Å²) in [5.74, 6) is 0. The Morgan fingerprint density at radius 1 is 0.231 bits per heavy atom. The Bertz CT molecular complexity index is 2480. The molecule has 314 valence electrons. The van der Waals surface area contributed by atoms with Crippen molar-refractivity contribution in [3.63, 3.8) is 0 Å². The number of fused-ring (bicyclic) bond motifs is 4. The Morgan fingerprint density at radius 3 is 0.615 bits per heavy atom. The van der Waals surface area contributed by atoms with E-state index < -0.39 is 0 Å². The van der Waals surface area contributed by atoms with Crippen molar-refractivity contribution in [3.8, 4) is 0 Å². The molecule has 0 aliphatic carbocycles. The molecular formula is C62H51ClZr2. The maximum absolute atomic E-state index is 2.17. The third kappa shape index (κ3) is 17.5. The van der Waals surface area contributed by atoms with Crippen LogP contribution in [-0.2, 0) is 52.4 Å². The van der Waals surface area contributed by atoms with Gasteiger partial charge in [0, 0.05) is 0 Å². The first kappa shape index (κ1) is 51.6. The standard InChI is InChI=1S/2C13H11.4C9H7.ClH.2Zr.H/c2*1-3-7-12(8-4-1)11-13-9-5-2-6-10-13;4*1-2-5-9-7-3-6-8(9)4-1;;;;/h2*1-11H;4*1-7H;1H;;;/q6*-1;;2*+4;-1/p-1. The normalized spacial score (nSPS) is 9.48. The fourth-order valence-electron chi connectivity index (χ4n) is 6.86. The SMILES string of the molecule is [Cl-].[H-].[Zr+4].[Zr+4].c1ccc([CH-]c2ccccc2)cc1.c1ccc([CH-]c2ccccc2)cc1.c1ccc2[cH-]ccc2c1.c1ccc2[cH-]ccc2c1.c1ccc2[cH-]ccc2c1.c1ccc2[cH-]ccc2c1. The Labute approximate surface area is 431 Å². The van der Waals surface area contributed by atoms with Crippen molar-refractivity contribution in [1.29, 1.82) is 0 Å². The summed E-state index contributed by atoms with van der Waals surface area (Å²) < 4.78 is 0. The maximum atomic E-state index is 2.17. The van der Waals surface area contributed by atoms with Crippen molar-refractivity contribution >= 4 is 43.1 Å². The second kappa shape index (κ2) is 29.4. The largest absolute Gasteiger partial charge is 4.00 e. The molecule has 0 radical (unpaired) electrons. The summed E-state index contributed by atoms with van der Waals surface area (Å²) >= 11 is 0. The van der Waals surface area contributed by atoms with Crippen LogP contribution >= 0.6 is 0 Å². The van der Waals surface area contributed by atoms with E-state index in [-0.39, 0.29) is 66.2 Å². The number of hydrogen-bond acceptors (Lipinski definition) is 0. The molecule has 12 aromatic carbocycles. The number of rotatable bonds is 4. The van der Waals surface area contributed by atoms with Gasteiger partial charge in [-0.15, -0.1) is 202 Å². The van der Waals surface area contributed by atoms with Gasteiger partial charge in [0.15, 0.2) is 0 Å². The Kier molecular flexibility index (Phi) is 23.4. The third-order valence-corrected chi connectivity index (χ3v) is 10.1. The molecule has 12 rings (SSSR count). The molecule has 0 unspecified atom stereocenters. The molecule has 0 spiro atoms. The molecule has 0 aliphatic heterocycles. The molecule has 0 saturated carbocycles. The predicted octanol–water partition coefficient (Wildman–Crippen LogP) is 13.9. The van der Waals surface area contributed by atoms with Gasteiger partial charge in [-0.05, 0) is 0 Å². The fourth-order valence-corrected chi connectivity index (χ4v) is 6.86. The van der Waals surface area contributed by atoms with Gasteiger partial charge in [-0.3, -0.25) is 0 Å². The zero-order chi connectivity index (χ0) is 42.3. The average Bonchev–Trinajstić information content (AvgIpc) is 4.20. The summed E-state index contributed by atoms with van der Waals surface area (Å²) in [6.07, 6.45) is 4.33. The van der Waals surface area contributed by atoms with E-state index in [2.05, 4.69) is 280 Å². The number of halogens is 1. The summed E-state index contributed by atoms with van der Waals surface area (Å²) in [5, 5.41) is 10.6. The van der Waals surface area contributed by atoms with Gasteiger partial charge in [-0.25, -0.2) is 0 Å². The first-order chi connectivity index (χ1) is 30.8. The molecule has 0 nitrogen and oxygen atoms in total. The zero-order valence-corrected chi connectivity index (χ0v) is 41.9. The van der Waals surface area contributed by atoms with E-state index in [1.54, 1.807) is 0 Å². The summed E-state index contributed by atoms with van der Waals surface area (Å²) in [5.41, 5.74) is 4.98. The van der Waals surface area contributed by atoms with Crippen LogP contribution in [0.4, 0.5) is 0 Å². The fraction of sp³-hybridized carbons (Fsp3) is 0. The maximum Gasteiger partial charge on any atom is 4.00 e. The van der Waals surface area contributed by atoms with E-state index in [1.165, 1.54) is 65.3 Å². The molecule has 0 atom stereocenters. The van der Waals surface area contributed by atoms with Crippen LogP contribution in [0.15, 0.2) is 291 Å². The van der Waals surface area contributed by atoms with Crippen LogP contribution in [0.3, 0.4) is 0 Å². The van der Waals surface area contributed by atoms with Crippen LogP contribution in [0.5, 0.6) is 0 Å². The molecule has 0 fully saturated rings. The van der Waals surface area contributed by atoms with Crippen LogP contribution in [-0.4, -0.2) is 0 Å². The molecule has 0 amide bonds. The Balaban J connectivity index is 0.000000209. The van der Waals surface area contributed by atoms with E-state index in [0.29, 0.717) is 0 Å². The minimum atomic E-state index is 0. The minimum Gasteiger partial charge on any atom is -1.00 e. The first-order valence-electron chi connectivity index (χ1n) is 21.1. The Morgan fingerprint density at radius 2 is 0.415 bits per heavy atom. The van der Waals surface area contributed by atoms with Gasteiger partial charge < -0.3 is 13.8 Å². The second-order valence-electron chi connectivity index (χ2n) is 14.6. The van der Waals surface area contributed by atoms with Crippen LogP contribution in [0, 0.1) is 12.8 Å². The van der Waals surface area contributed by atoms with E-state index >= 15 is 0 Å². The summed E-state index contributed by atoms with van der Waals surface area (Å²) in [7, 11) is 0. The Hall–Kier alpha value is -6.00. The second-order valence-corrected chi connectivity index (χ2v) is 14.6. The van der Waals surface area contributed by atoms with Gasteiger partial charge in [0.1, 0.15) is 0 Å². The quantitative estimate of drug-likeness (QED) is 0.154. The molecule has 0 saturated heterocycles. The predicted molar refractivity (Wildman–Crippen MR) is 270 cm³/mol.